The van der Waals surface area contributed by atoms with E-state index in [2.05, 4.69) is 11.2 Å². The van der Waals surface area contributed by atoms with E-state index in [-0.39, 0.29) is 0 Å². The summed E-state index contributed by atoms with van der Waals surface area (Å²) >= 11 is 0. The van der Waals surface area contributed by atoms with Gasteiger partial charge in [0.15, 0.2) is 0 Å². The fourth-order valence-electron chi connectivity index (χ4n) is 1.30. The first-order valence-corrected chi connectivity index (χ1v) is 5.55. The zero-order valence-electron chi connectivity index (χ0n) is 9.47. The molecular formula is C12H23NO. The minimum Gasteiger partial charge on any atom is -0.389 e. The molecule has 2 nitrogen and oxygen atoms in total. The fourth-order valence-corrected chi connectivity index (χ4v) is 1.30. The minimum atomic E-state index is -0.522. The van der Waals surface area contributed by atoms with Crippen molar-refractivity contribution < 1.29 is 5.11 Å². The summed E-state index contributed by atoms with van der Waals surface area (Å²) in [7, 11) is 0. The van der Waals surface area contributed by atoms with Crippen molar-refractivity contribution in [2.45, 2.75) is 51.6 Å². The summed E-state index contributed by atoms with van der Waals surface area (Å²) < 4.78 is 0. The molecule has 0 fully saturated rings. The summed E-state index contributed by atoms with van der Waals surface area (Å²) in [5, 5.41) is 13.2. The first-order valence-electron chi connectivity index (χ1n) is 5.55. The highest BCUT2D eigenvalue weighted by Crippen LogP contribution is 2.12. The summed E-state index contributed by atoms with van der Waals surface area (Å²) in [4.78, 5) is 0. The van der Waals surface area contributed by atoms with Crippen LogP contribution in [0.15, 0.2) is 0 Å². The quantitative estimate of drug-likeness (QED) is 0.460. The summed E-state index contributed by atoms with van der Waals surface area (Å²) in [6.07, 6.45) is 9.77. The van der Waals surface area contributed by atoms with Gasteiger partial charge in [-0.2, -0.15) is 0 Å². The van der Waals surface area contributed by atoms with Crippen LogP contribution in [0.4, 0.5) is 0 Å². The smallest absolute Gasteiger partial charge is 0.0766 e. The van der Waals surface area contributed by atoms with Gasteiger partial charge in [0.25, 0.3) is 0 Å². The molecular weight excluding hydrogens is 174 g/mol. The molecule has 0 aromatic heterocycles. The molecule has 2 heteroatoms. The largest absolute Gasteiger partial charge is 0.389 e. The maximum Gasteiger partial charge on any atom is 0.0766 e. The topological polar surface area (TPSA) is 32.3 Å². The number of hydrogen-bond donors (Lipinski definition) is 2. The van der Waals surface area contributed by atoms with Crippen LogP contribution in [0.2, 0.25) is 0 Å². The zero-order valence-corrected chi connectivity index (χ0v) is 9.47. The number of hydrogen-bond acceptors (Lipinski definition) is 2. The first kappa shape index (κ1) is 13.5. The van der Waals surface area contributed by atoms with E-state index >= 15 is 0 Å². The van der Waals surface area contributed by atoms with Crippen molar-refractivity contribution in [3.63, 3.8) is 0 Å². The van der Waals surface area contributed by atoms with Crippen molar-refractivity contribution in [3.05, 3.63) is 0 Å². The van der Waals surface area contributed by atoms with Crippen molar-refractivity contribution in [3.8, 4) is 12.3 Å². The molecule has 0 saturated carbocycles. The molecule has 0 spiro atoms. The third-order valence-corrected chi connectivity index (χ3v) is 2.69. The van der Waals surface area contributed by atoms with E-state index in [9.17, 15) is 5.11 Å². The molecule has 0 rings (SSSR count). The molecule has 0 aliphatic carbocycles. The predicted octanol–water partition coefficient (Wildman–Crippen LogP) is 1.93. The summed E-state index contributed by atoms with van der Waals surface area (Å²) in [6, 6.07) is 0. The van der Waals surface area contributed by atoms with Crippen LogP contribution in [-0.4, -0.2) is 23.8 Å². The van der Waals surface area contributed by atoms with E-state index < -0.39 is 5.60 Å². The third-order valence-electron chi connectivity index (χ3n) is 2.69. The lowest BCUT2D eigenvalue weighted by Gasteiger charge is -2.25. The highest BCUT2D eigenvalue weighted by molar-refractivity contribution is 4.83. The number of rotatable bonds is 8. The highest BCUT2D eigenvalue weighted by atomic mass is 16.3. The van der Waals surface area contributed by atoms with Gasteiger partial charge in [-0.25, -0.2) is 0 Å². The van der Waals surface area contributed by atoms with Crippen molar-refractivity contribution in [1.82, 2.24) is 5.32 Å². The van der Waals surface area contributed by atoms with Crippen LogP contribution in [0.25, 0.3) is 0 Å². The molecule has 0 aliphatic rings. The SMILES string of the molecule is C#CCCCCNCC(O)(CC)CC. The van der Waals surface area contributed by atoms with Crippen molar-refractivity contribution in [1.29, 1.82) is 0 Å². The average molecular weight is 197 g/mol. The molecule has 0 bridgehead atoms. The minimum absolute atomic E-state index is 0.522. The first-order chi connectivity index (χ1) is 6.68. The molecule has 0 saturated heterocycles. The van der Waals surface area contributed by atoms with Crippen molar-refractivity contribution in [2.75, 3.05) is 13.1 Å². The molecule has 82 valence electrons. The van der Waals surface area contributed by atoms with Gasteiger partial charge in [0.05, 0.1) is 5.60 Å². The number of aliphatic hydroxyl groups is 1. The third kappa shape index (κ3) is 6.01. The monoisotopic (exact) mass is 197 g/mol. The van der Waals surface area contributed by atoms with E-state index in [1.54, 1.807) is 0 Å². The second-order valence-corrected chi connectivity index (χ2v) is 3.77. The van der Waals surface area contributed by atoms with Gasteiger partial charge in [-0.15, -0.1) is 12.3 Å². The van der Waals surface area contributed by atoms with Gasteiger partial charge < -0.3 is 10.4 Å². The van der Waals surface area contributed by atoms with Gasteiger partial charge in [0.1, 0.15) is 0 Å². The Morgan fingerprint density at radius 3 is 2.43 bits per heavy atom. The summed E-state index contributed by atoms with van der Waals surface area (Å²) in [5.74, 6) is 2.62. The molecule has 0 aliphatic heterocycles. The molecule has 14 heavy (non-hydrogen) atoms. The Hall–Kier alpha value is -0.520. The van der Waals surface area contributed by atoms with Gasteiger partial charge in [0, 0.05) is 13.0 Å². The summed E-state index contributed by atoms with van der Waals surface area (Å²) in [6.45, 7) is 5.67. The van der Waals surface area contributed by atoms with Crippen molar-refractivity contribution in [2.24, 2.45) is 0 Å². The molecule has 0 amide bonds. The van der Waals surface area contributed by atoms with Gasteiger partial charge in [-0.05, 0) is 32.2 Å². The van der Waals surface area contributed by atoms with Crippen LogP contribution in [-0.2, 0) is 0 Å². The van der Waals surface area contributed by atoms with E-state index in [0.29, 0.717) is 6.54 Å². The van der Waals surface area contributed by atoms with Crippen LogP contribution in [0, 0.1) is 12.3 Å². The number of nitrogens with one attached hydrogen (secondary N) is 1. The standard InChI is InChI=1S/C12H23NO/c1-4-7-8-9-10-13-11-12(14,5-2)6-3/h1,13-14H,5-11H2,2-3H3. The van der Waals surface area contributed by atoms with Gasteiger partial charge in [-0.1, -0.05) is 13.8 Å². The Labute approximate surface area is 88.1 Å². The number of terminal acetylenes is 1. The number of unbranched alkanes of at least 4 members (excludes halogenated alkanes) is 2. The Morgan fingerprint density at radius 1 is 1.29 bits per heavy atom. The fraction of sp³-hybridized carbons (Fsp3) is 0.833. The van der Waals surface area contributed by atoms with Crippen LogP contribution in [0.1, 0.15) is 46.0 Å². The maximum absolute atomic E-state index is 9.94. The molecule has 0 aromatic carbocycles. The van der Waals surface area contributed by atoms with Crippen LogP contribution in [0.5, 0.6) is 0 Å². The molecule has 0 heterocycles. The van der Waals surface area contributed by atoms with Crippen LogP contribution >= 0.6 is 0 Å². The van der Waals surface area contributed by atoms with Crippen molar-refractivity contribution >= 4 is 0 Å². The van der Waals surface area contributed by atoms with E-state index in [1.807, 2.05) is 13.8 Å². The maximum atomic E-state index is 9.94. The predicted molar refractivity (Wildman–Crippen MR) is 61.1 cm³/mol. The Balaban J connectivity index is 3.39. The second-order valence-electron chi connectivity index (χ2n) is 3.77. The highest BCUT2D eigenvalue weighted by Gasteiger charge is 2.20. The van der Waals surface area contributed by atoms with E-state index in [4.69, 9.17) is 6.42 Å². The lowest BCUT2D eigenvalue weighted by Crippen LogP contribution is -2.39. The Morgan fingerprint density at radius 2 is 1.93 bits per heavy atom. The molecule has 0 aromatic rings. The van der Waals surface area contributed by atoms with Gasteiger partial charge in [0.2, 0.25) is 0 Å². The zero-order chi connectivity index (χ0) is 10.9. The molecule has 0 radical (unpaired) electrons. The van der Waals surface area contributed by atoms with E-state index in [1.165, 1.54) is 0 Å². The molecule has 0 unspecified atom stereocenters. The summed E-state index contributed by atoms with van der Waals surface area (Å²) in [5.41, 5.74) is -0.522. The Kier molecular flexibility index (Phi) is 7.55. The lowest BCUT2D eigenvalue weighted by molar-refractivity contribution is 0.0327. The lowest BCUT2D eigenvalue weighted by atomic mass is 9.97. The van der Waals surface area contributed by atoms with Crippen LogP contribution in [0.3, 0.4) is 0 Å². The Bertz CT molecular complexity index is 168. The molecule has 2 N–H and O–H groups in total. The van der Waals surface area contributed by atoms with Gasteiger partial charge in [-0.3, -0.25) is 0 Å². The van der Waals surface area contributed by atoms with E-state index in [0.717, 1.165) is 38.6 Å². The van der Waals surface area contributed by atoms with Gasteiger partial charge >= 0.3 is 0 Å². The second kappa shape index (κ2) is 7.84. The van der Waals surface area contributed by atoms with Crippen LogP contribution < -0.4 is 5.32 Å². The normalized spacial score (nSPS) is 11.3. The average Bonchev–Trinajstić information content (AvgIpc) is 2.23. The molecule has 0 atom stereocenters.